The van der Waals surface area contributed by atoms with Gasteiger partial charge in [0.25, 0.3) is 0 Å². The molecule has 2 unspecified atom stereocenters. The van der Waals surface area contributed by atoms with Gasteiger partial charge in [0.2, 0.25) is 0 Å². The van der Waals surface area contributed by atoms with Crippen LogP contribution in [0.5, 0.6) is 0 Å². The first-order valence-electron chi connectivity index (χ1n) is 7.31. The van der Waals surface area contributed by atoms with Crippen LogP contribution < -0.4 is 0 Å². The van der Waals surface area contributed by atoms with Crippen LogP contribution in [-0.2, 0) is 25.6 Å². The molecule has 2 aliphatic rings. The highest BCUT2D eigenvalue weighted by Crippen LogP contribution is 2.36. The lowest BCUT2D eigenvalue weighted by molar-refractivity contribution is -0.201. The van der Waals surface area contributed by atoms with E-state index in [2.05, 4.69) is 19.1 Å². The minimum atomic E-state index is -0.230. The number of hydrogen-bond acceptors (Lipinski definition) is 4. The van der Waals surface area contributed by atoms with E-state index in [1.165, 1.54) is 5.56 Å². The van der Waals surface area contributed by atoms with Gasteiger partial charge in [-0.1, -0.05) is 37.3 Å². The maximum absolute atomic E-state index is 6.08. The summed E-state index contributed by atoms with van der Waals surface area (Å²) in [6, 6.07) is 10.2. The molecule has 3 rings (SSSR count). The van der Waals surface area contributed by atoms with Gasteiger partial charge in [0.15, 0.2) is 6.29 Å². The summed E-state index contributed by atoms with van der Waals surface area (Å²) in [5, 5.41) is 0. The molecule has 0 spiro atoms. The number of methoxy groups -OCH3 is 1. The molecule has 0 saturated carbocycles. The van der Waals surface area contributed by atoms with Gasteiger partial charge in [-0.2, -0.15) is 0 Å². The molecule has 2 aliphatic heterocycles. The minimum absolute atomic E-state index is 0.0279. The van der Waals surface area contributed by atoms with E-state index in [4.69, 9.17) is 18.9 Å². The van der Waals surface area contributed by atoms with Crippen molar-refractivity contribution < 1.29 is 18.9 Å². The molecule has 20 heavy (non-hydrogen) atoms. The monoisotopic (exact) mass is 278 g/mol. The van der Waals surface area contributed by atoms with Crippen LogP contribution in [0.2, 0.25) is 0 Å². The lowest BCUT2D eigenvalue weighted by Crippen LogP contribution is -2.45. The molecule has 4 heteroatoms. The molecule has 5 atom stereocenters. The average Bonchev–Trinajstić information content (AvgIpc) is 2.87. The summed E-state index contributed by atoms with van der Waals surface area (Å²) < 4.78 is 23.4. The third kappa shape index (κ3) is 2.74. The van der Waals surface area contributed by atoms with Crippen molar-refractivity contribution in [2.75, 3.05) is 7.11 Å². The maximum Gasteiger partial charge on any atom is 0.184 e. The highest BCUT2D eigenvalue weighted by molar-refractivity contribution is 5.13. The van der Waals surface area contributed by atoms with Crippen molar-refractivity contribution >= 4 is 0 Å². The zero-order chi connectivity index (χ0) is 13.9. The van der Waals surface area contributed by atoms with Gasteiger partial charge in [0, 0.05) is 13.5 Å². The molecular weight excluding hydrogens is 256 g/mol. The van der Waals surface area contributed by atoms with E-state index < -0.39 is 0 Å². The van der Waals surface area contributed by atoms with Crippen LogP contribution in [0.1, 0.15) is 25.3 Å². The van der Waals surface area contributed by atoms with Crippen molar-refractivity contribution in [1.29, 1.82) is 0 Å². The summed E-state index contributed by atoms with van der Waals surface area (Å²) in [6.07, 6.45) is 1.66. The summed E-state index contributed by atoms with van der Waals surface area (Å²) in [7, 11) is 1.70. The first-order chi connectivity index (χ1) is 9.81. The molecule has 1 aromatic carbocycles. The SMILES string of the molecule is CC[C@@H]1OC2OC1[C@@H](OCc1ccccc1)C[C@H]2OC. The van der Waals surface area contributed by atoms with Gasteiger partial charge in [0.1, 0.15) is 12.2 Å². The second kappa shape index (κ2) is 6.22. The minimum Gasteiger partial charge on any atom is -0.376 e. The molecule has 0 N–H and O–H groups in total. The number of rotatable bonds is 5. The third-order valence-electron chi connectivity index (χ3n) is 4.11. The van der Waals surface area contributed by atoms with Crippen molar-refractivity contribution in [1.82, 2.24) is 0 Å². The van der Waals surface area contributed by atoms with Gasteiger partial charge in [-0.3, -0.25) is 0 Å². The van der Waals surface area contributed by atoms with Crippen LogP contribution in [0.25, 0.3) is 0 Å². The molecule has 1 aromatic rings. The van der Waals surface area contributed by atoms with E-state index in [1.54, 1.807) is 7.11 Å². The molecule has 0 amide bonds. The van der Waals surface area contributed by atoms with Gasteiger partial charge in [-0.05, 0) is 12.0 Å². The molecule has 2 saturated heterocycles. The van der Waals surface area contributed by atoms with E-state index in [0.717, 1.165) is 12.8 Å². The first kappa shape index (κ1) is 14.0. The van der Waals surface area contributed by atoms with E-state index in [1.807, 2.05) is 18.2 Å². The van der Waals surface area contributed by atoms with E-state index >= 15 is 0 Å². The molecule has 4 nitrogen and oxygen atoms in total. The fourth-order valence-electron chi connectivity index (χ4n) is 2.98. The molecule has 2 bridgehead atoms. The van der Waals surface area contributed by atoms with Crippen LogP contribution in [-0.4, -0.2) is 37.8 Å². The normalized spacial score (nSPS) is 36.2. The van der Waals surface area contributed by atoms with Gasteiger partial charge >= 0.3 is 0 Å². The van der Waals surface area contributed by atoms with E-state index in [9.17, 15) is 0 Å². The van der Waals surface area contributed by atoms with Crippen molar-refractivity contribution in [3.8, 4) is 0 Å². The Balaban J connectivity index is 1.65. The Hall–Kier alpha value is -0.940. The van der Waals surface area contributed by atoms with Gasteiger partial charge in [-0.15, -0.1) is 0 Å². The Morgan fingerprint density at radius 2 is 1.95 bits per heavy atom. The average molecular weight is 278 g/mol. The van der Waals surface area contributed by atoms with Crippen molar-refractivity contribution in [3.63, 3.8) is 0 Å². The first-order valence-corrected chi connectivity index (χ1v) is 7.31. The molecular formula is C16H22O4. The van der Waals surface area contributed by atoms with E-state index in [-0.39, 0.29) is 30.7 Å². The van der Waals surface area contributed by atoms with Crippen LogP contribution in [0.3, 0.4) is 0 Å². The predicted octanol–water partition coefficient (Wildman–Crippen LogP) is 2.51. The molecule has 110 valence electrons. The lowest BCUT2D eigenvalue weighted by Gasteiger charge is -2.33. The standard InChI is InChI=1S/C16H22O4/c1-3-12-15-13(9-14(17-2)16(19-12)20-15)18-10-11-7-5-4-6-8-11/h4-8,12-16H,3,9-10H2,1-2H3/t12-,13-,14+,15?,16?/m0/s1. The number of ether oxygens (including phenoxy) is 4. The van der Waals surface area contributed by atoms with Crippen LogP contribution in [0.4, 0.5) is 0 Å². The molecule has 0 aliphatic carbocycles. The number of hydrogen-bond donors (Lipinski definition) is 0. The smallest absolute Gasteiger partial charge is 0.184 e. The summed E-state index contributed by atoms with van der Waals surface area (Å²) in [4.78, 5) is 0. The van der Waals surface area contributed by atoms with Crippen molar-refractivity contribution in [2.24, 2.45) is 0 Å². The van der Waals surface area contributed by atoms with E-state index in [0.29, 0.717) is 6.61 Å². The Morgan fingerprint density at radius 3 is 2.65 bits per heavy atom. The summed E-state index contributed by atoms with van der Waals surface area (Å²) in [5.74, 6) is 0. The second-order valence-electron chi connectivity index (χ2n) is 5.40. The van der Waals surface area contributed by atoms with Crippen LogP contribution in [0.15, 0.2) is 30.3 Å². The zero-order valence-electron chi connectivity index (χ0n) is 12.0. The molecule has 2 heterocycles. The molecule has 2 fully saturated rings. The predicted molar refractivity (Wildman–Crippen MR) is 74.3 cm³/mol. The zero-order valence-corrected chi connectivity index (χ0v) is 12.0. The van der Waals surface area contributed by atoms with Crippen molar-refractivity contribution in [2.45, 2.75) is 57.1 Å². The van der Waals surface area contributed by atoms with Gasteiger partial charge < -0.3 is 18.9 Å². The van der Waals surface area contributed by atoms with Crippen LogP contribution in [0, 0.1) is 0 Å². The van der Waals surface area contributed by atoms with Crippen LogP contribution >= 0.6 is 0 Å². The second-order valence-corrected chi connectivity index (χ2v) is 5.40. The topological polar surface area (TPSA) is 36.9 Å². The Labute approximate surface area is 120 Å². The van der Waals surface area contributed by atoms with Crippen molar-refractivity contribution in [3.05, 3.63) is 35.9 Å². The third-order valence-corrected chi connectivity index (χ3v) is 4.11. The van der Waals surface area contributed by atoms with Gasteiger partial charge in [-0.25, -0.2) is 0 Å². The quantitative estimate of drug-likeness (QED) is 0.829. The molecule has 0 radical (unpaired) electrons. The number of fused-ring (bicyclic) bond motifs is 2. The fourth-order valence-corrected chi connectivity index (χ4v) is 2.98. The summed E-state index contributed by atoms with van der Waals surface area (Å²) >= 11 is 0. The Kier molecular flexibility index (Phi) is 4.36. The van der Waals surface area contributed by atoms with Gasteiger partial charge in [0.05, 0.1) is 18.8 Å². The maximum atomic E-state index is 6.08. The summed E-state index contributed by atoms with van der Waals surface area (Å²) in [6.45, 7) is 2.72. The number of benzene rings is 1. The summed E-state index contributed by atoms with van der Waals surface area (Å²) in [5.41, 5.74) is 1.18. The molecule has 0 aromatic heterocycles. The lowest BCUT2D eigenvalue weighted by atomic mass is 9.99. The Bertz CT molecular complexity index is 420. The highest BCUT2D eigenvalue weighted by Gasteiger charge is 2.49. The largest absolute Gasteiger partial charge is 0.376 e. The highest BCUT2D eigenvalue weighted by atomic mass is 16.8. The Morgan fingerprint density at radius 1 is 1.15 bits per heavy atom. The fraction of sp³-hybridized carbons (Fsp3) is 0.625.